The lowest BCUT2D eigenvalue weighted by atomic mass is 10.7. The van der Waals surface area contributed by atoms with E-state index in [2.05, 4.69) is 41.8 Å². The SMILES string of the molecule is Brc1cc(Br)ncn1. The number of hydrogen-bond donors (Lipinski definition) is 0. The second-order valence-electron chi connectivity index (χ2n) is 1.16. The highest BCUT2D eigenvalue weighted by Crippen LogP contribution is 2.09. The molecule has 0 atom stereocenters. The van der Waals surface area contributed by atoms with Crippen molar-refractivity contribution < 1.29 is 0 Å². The van der Waals surface area contributed by atoms with Crippen LogP contribution in [-0.4, -0.2) is 9.97 Å². The molecule has 0 saturated carbocycles. The van der Waals surface area contributed by atoms with Crippen molar-refractivity contribution in [1.82, 2.24) is 9.97 Å². The quantitative estimate of drug-likeness (QED) is 0.646. The Bertz CT molecular complexity index is 172. The van der Waals surface area contributed by atoms with E-state index in [-0.39, 0.29) is 0 Å². The van der Waals surface area contributed by atoms with Gasteiger partial charge in [-0.3, -0.25) is 0 Å². The maximum atomic E-state index is 3.82. The van der Waals surface area contributed by atoms with E-state index in [1.807, 2.05) is 0 Å². The first-order valence-electron chi connectivity index (χ1n) is 1.92. The molecule has 1 rings (SSSR count). The van der Waals surface area contributed by atoms with Crippen LogP contribution in [0.3, 0.4) is 0 Å². The average molecular weight is 238 g/mol. The lowest BCUT2D eigenvalue weighted by Crippen LogP contribution is -1.77. The largest absolute Gasteiger partial charge is 0.229 e. The number of hydrogen-bond acceptors (Lipinski definition) is 2. The van der Waals surface area contributed by atoms with Crippen LogP contribution in [0.25, 0.3) is 0 Å². The number of nitrogens with zero attached hydrogens (tertiary/aromatic N) is 2. The van der Waals surface area contributed by atoms with Crippen molar-refractivity contribution in [2.24, 2.45) is 0 Å². The molecule has 0 N–H and O–H groups in total. The summed E-state index contributed by atoms with van der Waals surface area (Å²) in [4.78, 5) is 7.63. The van der Waals surface area contributed by atoms with E-state index < -0.39 is 0 Å². The van der Waals surface area contributed by atoms with E-state index in [1.54, 1.807) is 6.07 Å². The first-order chi connectivity index (χ1) is 3.79. The zero-order valence-electron chi connectivity index (χ0n) is 3.81. The van der Waals surface area contributed by atoms with Crippen LogP contribution in [0.1, 0.15) is 0 Å². The molecule has 1 aromatic rings. The molecule has 0 unspecified atom stereocenters. The predicted molar refractivity (Wildman–Crippen MR) is 37.4 cm³/mol. The van der Waals surface area contributed by atoms with Gasteiger partial charge in [-0.25, -0.2) is 9.97 Å². The summed E-state index contributed by atoms with van der Waals surface area (Å²) in [5, 5.41) is 0. The molecule has 42 valence electrons. The van der Waals surface area contributed by atoms with Crippen LogP contribution >= 0.6 is 31.9 Å². The van der Waals surface area contributed by atoms with Crippen LogP contribution in [-0.2, 0) is 0 Å². The standard InChI is InChI=1S/C4H2Br2N2/c5-3-1-4(6)8-2-7-3/h1-2H. The van der Waals surface area contributed by atoms with Crippen LogP contribution < -0.4 is 0 Å². The molecule has 0 aliphatic heterocycles. The van der Waals surface area contributed by atoms with Gasteiger partial charge in [0.05, 0.1) is 0 Å². The zero-order chi connectivity index (χ0) is 5.98. The average Bonchev–Trinajstić information content (AvgIpc) is 1.64. The monoisotopic (exact) mass is 236 g/mol. The first kappa shape index (κ1) is 6.16. The van der Waals surface area contributed by atoms with Crippen LogP contribution in [0.15, 0.2) is 21.6 Å². The second kappa shape index (κ2) is 2.55. The van der Waals surface area contributed by atoms with E-state index >= 15 is 0 Å². The third-order valence-electron chi connectivity index (χ3n) is 0.600. The Balaban J connectivity index is 3.08. The molecule has 0 saturated heterocycles. The highest BCUT2D eigenvalue weighted by atomic mass is 79.9. The van der Waals surface area contributed by atoms with Gasteiger partial charge in [0.15, 0.2) is 0 Å². The molecule has 0 spiro atoms. The zero-order valence-corrected chi connectivity index (χ0v) is 6.98. The topological polar surface area (TPSA) is 25.8 Å². The second-order valence-corrected chi connectivity index (χ2v) is 2.79. The minimum Gasteiger partial charge on any atom is -0.229 e. The highest BCUT2D eigenvalue weighted by Gasteiger charge is 1.86. The maximum Gasteiger partial charge on any atom is 0.118 e. The number of aromatic nitrogens is 2. The van der Waals surface area contributed by atoms with Gasteiger partial charge in [-0.05, 0) is 31.9 Å². The van der Waals surface area contributed by atoms with Crippen molar-refractivity contribution in [2.75, 3.05) is 0 Å². The van der Waals surface area contributed by atoms with Gasteiger partial charge >= 0.3 is 0 Å². The summed E-state index contributed by atoms with van der Waals surface area (Å²) in [7, 11) is 0. The number of rotatable bonds is 0. The molecular formula is C4H2Br2N2. The maximum absolute atomic E-state index is 3.82. The first-order valence-corrected chi connectivity index (χ1v) is 3.50. The highest BCUT2D eigenvalue weighted by molar-refractivity contribution is 9.11. The summed E-state index contributed by atoms with van der Waals surface area (Å²) < 4.78 is 1.58. The Morgan fingerprint density at radius 1 is 1.12 bits per heavy atom. The van der Waals surface area contributed by atoms with E-state index in [0.717, 1.165) is 9.21 Å². The van der Waals surface area contributed by atoms with Gasteiger partial charge < -0.3 is 0 Å². The number of halogens is 2. The van der Waals surface area contributed by atoms with Crippen LogP contribution in [0.4, 0.5) is 0 Å². The van der Waals surface area contributed by atoms with E-state index in [9.17, 15) is 0 Å². The molecule has 0 amide bonds. The summed E-state index contributed by atoms with van der Waals surface area (Å²) in [6, 6.07) is 1.78. The molecule has 2 nitrogen and oxygen atoms in total. The molecular weight excluding hydrogens is 236 g/mol. The predicted octanol–water partition coefficient (Wildman–Crippen LogP) is 2.00. The van der Waals surface area contributed by atoms with Gasteiger partial charge in [-0.15, -0.1) is 0 Å². The van der Waals surface area contributed by atoms with Crippen LogP contribution in [0.5, 0.6) is 0 Å². The van der Waals surface area contributed by atoms with Crippen molar-refractivity contribution in [3.05, 3.63) is 21.6 Å². The lowest BCUT2D eigenvalue weighted by Gasteiger charge is -1.85. The summed E-state index contributed by atoms with van der Waals surface area (Å²) in [5.74, 6) is 0. The molecule has 1 heterocycles. The smallest absolute Gasteiger partial charge is 0.118 e. The molecule has 0 aromatic carbocycles. The Morgan fingerprint density at radius 3 is 1.88 bits per heavy atom. The Morgan fingerprint density at radius 2 is 1.62 bits per heavy atom. The Labute approximate surface area is 63.6 Å². The van der Waals surface area contributed by atoms with Gasteiger partial charge in [-0.2, -0.15) is 0 Å². The molecule has 0 aliphatic carbocycles. The Hall–Kier alpha value is 0.0400. The van der Waals surface area contributed by atoms with E-state index in [4.69, 9.17) is 0 Å². The fraction of sp³-hybridized carbons (Fsp3) is 0. The molecule has 4 heteroatoms. The van der Waals surface area contributed by atoms with Crippen molar-refractivity contribution in [2.45, 2.75) is 0 Å². The van der Waals surface area contributed by atoms with E-state index in [0.29, 0.717) is 0 Å². The third kappa shape index (κ3) is 1.52. The fourth-order valence-corrected chi connectivity index (χ4v) is 1.24. The summed E-state index contributed by atoms with van der Waals surface area (Å²) >= 11 is 6.36. The van der Waals surface area contributed by atoms with Crippen molar-refractivity contribution in [3.63, 3.8) is 0 Å². The molecule has 0 bridgehead atoms. The van der Waals surface area contributed by atoms with Gasteiger partial charge in [0.2, 0.25) is 0 Å². The van der Waals surface area contributed by atoms with Gasteiger partial charge in [0.25, 0.3) is 0 Å². The Kier molecular flexibility index (Phi) is 1.96. The fourth-order valence-electron chi connectivity index (χ4n) is 0.312. The normalized spacial score (nSPS) is 9.25. The lowest BCUT2D eigenvalue weighted by molar-refractivity contribution is 1.11. The van der Waals surface area contributed by atoms with Crippen LogP contribution in [0, 0.1) is 0 Å². The van der Waals surface area contributed by atoms with Gasteiger partial charge in [0, 0.05) is 6.07 Å². The molecule has 0 fully saturated rings. The van der Waals surface area contributed by atoms with Gasteiger partial charge in [-0.1, -0.05) is 0 Å². The van der Waals surface area contributed by atoms with Crippen molar-refractivity contribution >= 4 is 31.9 Å². The van der Waals surface area contributed by atoms with Crippen molar-refractivity contribution in [3.8, 4) is 0 Å². The molecule has 8 heavy (non-hydrogen) atoms. The third-order valence-corrected chi connectivity index (χ3v) is 1.47. The minimum atomic E-state index is 0.791. The summed E-state index contributed by atoms with van der Waals surface area (Å²) in [6.07, 6.45) is 1.48. The molecule has 0 aliphatic rings. The summed E-state index contributed by atoms with van der Waals surface area (Å²) in [6.45, 7) is 0. The molecule has 1 aromatic heterocycles. The van der Waals surface area contributed by atoms with Crippen molar-refractivity contribution in [1.29, 1.82) is 0 Å². The van der Waals surface area contributed by atoms with Gasteiger partial charge in [0.1, 0.15) is 15.5 Å². The van der Waals surface area contributed by atoms with E-state index in [1.165, 1.54) is 6.33 Å². The minimum absolute atomic E-state index is 0.791. The van der Waals surface area contributed by atoms with Crippen LogP contribution in [0.2, 0.25) is 0 Å². The molecule has 0 radical (unpaired) electrons. The summed E-state index contributed by atoms with van der Waals surface area (Å²) in [5.41, 5.74) is 0.